The first kappa shape index (κ1) is 19.0. The summed E-state index contributed by atoms with van der Waals surface area (Å²) in [7, 11) is 0. The van der Waals surface area contributed by atoms with Crippen LogP contribution < -0.4 is 15.4 Å². The maximum atomic E-state index is 12.5. The van der Waals surface area contributed by atoms with Gasteiger partial charge in [-0.3, -0.25) is 4.79 Å². The first-order valence-electron chi connectivity index (χ1n) is 8.68. The molecule has 1 amide bonds. The van der Waals surface area contributed by atoms with E-state index in [0.717, 1.165) is 30.7 Å². The molecule has 0 unspecified atom stereocenters. The molecule has 1 aliphatic rings. The molecule has 1 aromatic heterocycles. The van der Waals surface area contributed by atoms with Gasteiger partial charge in [-0.05, 0) is 49.1 Å². The zero-order valence-corrected chi connectivity index (χ0v) is 14.6. The van der Waals surface area contributed by atoms with Crippen molar-refractivity contribution in [2.75, 3.05) is 18.5 Å². The van der Waals surface area contributed by atoms with Gasteiger partial charge in [-0.25, -0.2) is 4.98 Å². The van der Waals surface area contributed by atoms with Crippen molar-refractivity contribution < 1.29 is 22.7 Å². The normalized spacial score (nSPS) is 13.9. The number of nitrogens with zero attached hydrogens (tertiary/aromatic N) is 1. The molecular formula is C19H20F3N3O2. The van der Waals surface area contributed by atoms with Crippen molar-refractivity contribution in [3.63, 3.8) is 0 Å². The smallest absolute Gasteiger partial charge is 0.417 e. The average molecular weight is 379 g/mol. The number of halogens is 3. The fourth-order valence-electron chi connectivity index (χ4n) is 2.40. The lowest BCUT2D eigenvalue weighted by Crippen LogP contribution is -2.30. The Morgan fingerprint density at radius 1 is 1.15 bits per heavy atom. The van der Waals surface area contributed by atoms with E-state index in [0.29, 0.717) is 30.6 Å². The number of carbonyl (C=O) groups is 1. The van der Waals surface area contributed by atoms with Crippen molar-refractivity contribution in [1.82, 2.24) is 10.3 Å². The van der Waals surface area contributed by atoms with Crippen LogP contribution in [0.1, 0.15) is 24.0 Å². The van der Waals surface area contributed by atoms with Crippen molar-refractivity contribution in [1.29, 1.82) is 0 Å². The second-order valence-electron chi connectivity index (χ2n) is 6.38. The van der Waals surface area contributed by atoms with Crippen LogP contribution in [0.25, 0.3) is 0 Å². The van der Waals surface area contributed by atoms with Gasteiger partial charge in [0.05, 0.1) is 5.56 Å². The number of alkyl halides is 3. The highest BCUT2D eigenvalue weighted by Gasteiger charge is 2.30. The number of rotatable bonds is 8. The van der Waals surface area contributed by atoms with E-state index in [1.807, 2.05) is 12.1 Å². The lowest BCUT2D eigenvalue weighted by atomic mass is 10.1. The maximum absolute atomic E-state index is 12.5. The van der Waals surface area contributed by atoms with Gasteiger partial charge in [-0.1, -0.05) is 12.1 Å². The van der Waals surface area contributed by atoms with Crippen molar-refractivity contribution in [3.05, 3.63) is 53.7 Å². The predicted octanol–water partition coefficient (Wildman–Crippen LogP) is 3.41. The van der Waals surface area contributed by atoms with Gasteiger partial charge in [0.1, 0.15) is 11.6 Å². The summed E-state index contributed by atoms with van der Waals surface area (Å²) in [6, 6.07) is 9.97. The van der Waals surface area contributed by atoms with Crippen LogP contribution in [-0.4, -0.2) is 30.1 Å². The van der Waals surface area contributed by atoms with Gasteiger partial charge in [-0.15, -0.1) is 0 Å². The minimum atomic E-state index is -4.38. The van der Waals surface area contributed by atoms with Crippen molar-refractivity contribution in [3.8, 4) is 5.75 Å². The molecule has 0 aliphatic heterocycles. The Bertz CT molecular complexity index is 757. The van der Waals surface area contributed by atoms with Crippen molar-refractivity contribution in [2.45, 2.75) is 31.5 Å². The number of hydrogen-bond acceptors (Lipinski definition) is 4. The minimum absolute atomic E-state index is 0.00298. The molecule has 2 N–H and O–H groups in total. The summed E-state index contributed by atoms with van der Waals surface area (Å²) in [5.74, 6) is 0.890. The summed E-state index contributed by atoms with van der Waals surface area (Å²) < 4.78 is 42.9. The number of hydrogen-bond donors (Lipinski definition) is 2. The number of anilines is 1. The van der Waals surface area contributed by atoms with Crippen molar-refractivity contribution in [2.24, 2.45) is 0 Å². The van der Waals surface area contributed by atoms with Gasteiger partial charge in [0.15, 0.2) is 6.61 Å². The van der Waals surface area contributed by atoms with E-state index < -0.39 is 11.7 Å². The molecule has 0 saturated heterocycles. The second-order valence-corrected chi connectivity index (χ2v) is 6.38. The first-order valence-corrected chi connectivity index (χ1v) is 8.68. The molecule has 5 nitrogen and oxygen atoms in total. The molecule has 0 radical (unpaired) electrons. The molecule has 1 heterocycles. The Kier molecular flexibility index (Phi) is 5.83. The Morgan fingerprint density at radius 2 is 1.89 bits per heavy atom. The number of benzene rings is 1. The maximum Gasteiger partial charge on any atom is 0.417 e. The van der Waals surface area contributed by atoms with Gasteiger partial charge in [0.2, 0.25) is 0 Å². The number of aromatic nitrogens is 1. The molecule has 1 fully saturated rings. The zero-order chi connectivity index (χ0) is 19.3. The molecule has 1 saturated carbocycles. The van der Waals surface area contributed by atoms with E-state index in [4.69, 9.17) is 4.74 Å². The minimum Gasteiger partial charge on any atom is -0.484 e. The quantitative estimate of drug-likeness (QED) is 0.738. The van der Waals surface area contributed by atoms with Crippen LogP contribution in [0.15, 0.2) is 42.6 Å². The monoisotopic (exact) mass is 379 g/mol. The standard InChI is InChI=1S/C19H20F3N3O2/c20-19(21,22)14-3-8-17(24-11-14)23-10-9-13-1-6-16(7-2-13)27-12-18(26)25-15-4-5-15/h1-3,6-8,11,15H,4-5,9-10,12H2,(H,23,24)(H,25,26). The summed E-state index contributed by atoms with van der Waals surface area (Å²) >= 11 is 0. The Morgan fingerprint density at radius 3 is 2.48 bits per heavy atom. The SMILES string of the molecule is O=C(COc1ccc(CCNc2ccc(C(F)(F)F)cn2)cc1)NC1CC1. The fraction of sp³-hybridized carbons (Fsp3) is 0.368. The highest BCUT2D eigenvalue weighted by Crippen LogP contribution is 2.28. The van der Waals surface area contributed by atoms with Gasteiger partial charge in [0.25, 0.3) is 5.91 Å². The zero-order valence-electron chi connectivity index (χ0n) is 14.6. The number of amides is 1. The molecule has 144 valence electrons. The molecule has 1 aromatic carbocycles. The summed E-state index contributed by atoms with van der Waals surface area (Å²) in [4.78, 5) is 15.3. The molecule has 0 bridgehead atoms. The topological polar surface area (TPSA) is 63.2 Å². The van der Waals surface area contributed by atoms with E-state index in [1.165, 1.54) is 6.07 Å². The lowest BCUT2D eigenvalue weighted by Gasteiger charge is -2.09. The van der Waals surface area contributed by atoms with E-state index in [-0.39, 0.29) is 12.5 Å². The largest absolute Gasteiger partial charge is 0.484 e. The third-order valence-corrected chi connectivity index (χ3v) is 4.05. The van der Waals surface area contributed by atoms with Gasteiger partial charge >= 0.3 is 6.18 Å². The number of pyridine rings is 1. The van der Waals surface area contributed by atoms with Crippen LogP contribution in [0.4, 0.5) is 19.0 Å². The molecule has 8 heteroatoms. The number of nitrogens with one attached hydrogen (secondary N) is 2. The highest BCUT2D eigenvalue weighted by molar-refractivity contribution is 5.78. The number of carbonyl (C=O) groups excluding carboxylic acids is 1. The Hall–Kier alpha value is -2.77. The third-order valence-electron chi connectivity index (χ3n) is 4.05. The van der Waals surface area contributed by atoms with Crippen LogP contribution in [0.5, 0.6) is 5.75 Å². The summed E-state index contributed by atoms with van der Waals surface area (Å²) in [5.41, 5.74) is 0.263. The Balaban J connectivity index is 1.40. The highest BCUT2D eigenvalue weighted by atomic mass is 19.4. The van der Waals surface area contributed by atoms with Crippen molar-refractivity contribution >= 4 is 11.7 Å². The van der Waals surface area contributed by atoms with E-state index in [2.05, 4.69) is 15.6 Å². The molecule has 0 spiro atoms. The average Bonchev–Trinajstić information content (AvgIpc) is 3.45. The molecule has 0 atom stereocenters. The van der Waals surface area contributed by atoms with Crippen LogP contribution in [0, 0.1) is 0 Å². The van der Waals surface area contributed by atoms with Crippen LogP contribution in [0.3, 0.4) is 0 Å². The van der Waals surface area contributed by atoms with Crippen LogP contribution >= 0.6 is 0 Å². The van der Waals surface area contributed by atoms with Crippen LogP contribution in [0.2, 0.25) is 0 Å². The third kappa shape index (κ3) is 6.16. The molecule has 27 heavy (non-hydrogen) atoms. The molecule has 1 aliphatic carbocycles. The molecular weight excluding hydrogens is 359 g/mol. The first-order chi connectivity index (χ1) is 12.9. The van der Waals surface area contributed by atoms with Gasteiger partial charge in [-0.2, -0.15) is 13.2 Å². The summed E-state index contributed by atoms with van der Waals surface area (Å²) in [6.07, 6.45) is -0.820. The van der Waals surface area contributed by atoms with Gasteiger partial charge < -0.3 is 15.4 Å². The summed E-state index contributed by atoms with van der Waals surface area (Å²) in [5, 5.41) is 5.84. The van der Waals surface area contributed by atoms with Gasteiger partial charge in [0, 0.05) is 18.8 Å². The number of ether oxygens (including phenoxy) is 1. The van der Waals surface area contributed by atoms with E-state index in [1.54, 1.807) is 12.1 Å². The van der Waals surface area contributed by atoms with Crippen LogP contribution in [-0.2, 0) is 17.4 Å². The van der Waals surface area contributed by atoms with E-state index >= 15 is 0 Å². The molecule has 2 aromatic rings. The fourth-order valence-corrected chi connectivity index (χ4v) is 2.40. The molecule has 3 rings (SSSR count). The Labute approximate surface area is 154 Å². The summed E-state index contributed by atoms with van der Waals surface area (Å²) in [6.45, 7) is 0.527. The second kappa shape index (κ2) is 8.28. The van der Waals surface area contributed by atoms with E-state index in [9.17, 15) is 18.0 Å². The lowest BCUT2D eigenvalue weighted by molar-refractivity contribution is -0.137. The predicted molar refractivity (Wildman–Crippen MR) is 94.5 cm³/mol.